The molecule has 0 amide bonds. The number of rotatable bonds is 4. The lowest BCUT2D eigenvalue weighted by Crippen LogP contribution is -2.41. The van der Waals surface area contributed by atoms with E-state index in [9.17, 15) is 0 Å². The number of aromatic nitrogens is 2. The van der Waals surface area contributed by atoms with E-state index in [0.29, 0.717) is 12.6 Å². The minimum Gasteiger partial charge on any atom is -0.383 e. The average molecular weight is 274 g/mol. The maximum Gasteiger partial charge on any atom is 0.206 e. The molecule has 1 aromatic heterocycles. The largest absolute Gasteiger partial charge is 0.383 e. The number of imidazole rings is 1. The second-order valence-corrected chi connectivity index (χ2v) is 5.37. The standard InChI is InChI=1S/C15H22N4O/c1-20-11-10-19-14-5-3-2-4-13(14)17-15(19)18-8-6-12(16)7-9-18/h2-5,12H,6-11,16H2,1H3. The number of nitrogens with zero attached hydrogens (tertiary/aromatic N) is 3. The third kappa shape index (κ3) is 2.51. The number of benzene rings is 1. The van der Waals surface area contributed by atoms with Crippen molar-refractivity contribution in [2.75, 3.05) is 31.7 Å². The van der Waals surface area contributed by atoms with Crippen molar-refractivity contribution in [1.29, 1.82) is 0 Å². The Morgan fingerprint density at radius 1 is 1.30 bits per heavy atom. The topological polar surface area (TPSA) is 56.3 Å². The lowest BCUT2D eigenvalue weighted by molar-refractivity contribution is 0.188. The molecule has 1 aromatic carbocycles. The van der Waals surface area contributed by atoms with Gasteiger partial charge >= 0.3 is 0 Å². The number of ether oxygens (including phenoxy) is 1. The van der Waals surface area contributed by atoms with E-state index in [2.05, 4.69) is 27.7 Å². The van der Waals surface area contributed by atoms with Crippen LogP contribution in [0.4, 0.5) is 5.95 Å². The molecule has 2 N–H and O–H groups in total. The molecule has 1 fully saturated rings. The molecular weight excluding hydrogens is 252 g/mol. The summed E-state index contributed by atoms with van der Waals surface area (Å²) in [6.45, 7) is 3.49. The van der Waals surface area contributed by atoms with Gasteiger partial charge in [-0.2, -0.15) is 0 Å². The van der Waals surface area contributed by atoms with Crippen molar-refractivity contribution >= 4 is 17.0 Å². The lowest BCUT2D eigenvalue weighted by atomic mass is 10.1. The summed E-state index contributed by atoms with van der Waals surface area (Å²) in [5.74, 6) is 1.05. The molecule has 3 rings (SSSR count). The first-order valence-electron chi connectivity index (χ1n) is 7.24. The molecule has 1 aliphatic heterocycles. The molecule has 2 heterocycles. The molecule has 20 heavy (non-hydrogen) atoms. The van der Waals surface area contributed by atoms with Gasteiger partial charge in [-0.15, -0.1) is 0 Å². The molecule has 0 spiro atoms. The highest BCUT2D eigenvalue weighted by molar-refractivity contribution is 5.78. The highest BCUT2D eigenvalue weighted by Crippen LogP contribution is 2.24. The smallest absolute Gasteiger partial charge is 0.206 e. The van der Waals surface area contributed by atoms with Gasteiger partial charge < -0.3 is 19.9 Å². The van der Waals surface area contributed by atoms with Gasteiger partial charge in [-0.1, -0.05) is 12.1 Å². The summed E-state index contributed by atoms with van der Waals surface area (Å²) in [6.07, 6.45) is 2.07. The Balaban J connectivity index is 1.95. The molecule has 5 heteroatoms. The van der Waals surface area contributed by atoms with Gasteiger partial charge in [-0.25, -0.2) is 4.98 Å². The zero-order valence-electron chi connectivity index (χ0n) is 12.0. The van der Waals surface area contributed by atoms with Gasteiger partial charge in [0.1, 0.15) is 0 Å². The van der Waals surface area contributed by atoms with Gasteiger partial charge in [0.05, 0.1) is 17.6 Å². The number of fused-ring (bicyclic) bond motifs is 1. The fourth-order valence-corrected chi connectivity index (χ4v) is 2.81. The summed E-state index contributed by atoms with van der Waals surface area (Å²) in [5.41, 5.74) is 8.22. The first-order valence-corrected chi connectivity index (χ1v) is 7.24. The van der Waals surface area contributed by atoms with Crippen LogP contribution in [0.15, 0.2) is 24.3 Å². The van der Waals surface area contributed by atoms with Crippen LogP contribution in [0.5, 0.6) is 0 Å². The maximum atomic E-state index is 5.99. The van der Waals surface area contributed by atoms with Crippen molar-refractivity contribution in [3.8, 4) is 0 Å². The van der Waals surface area contributed by atoms with Gasteiger partial charge in [-0.05, 0) is 25.0 Å². The highest BCUT2D eigenvalue weighted by Gasteiger charge is 2.21. The Morgan fingerprint density at radius 2 is 2.05 bits per heavy atom. The first kappa shape index (κ1) is 13.4. The normalized spacial score (nSPS) is 17.0. The SMILES string of the molecule is COCCn1c(N2CCC(N)CC2)nc2ccccc21. The van der Waals surface area contributed by atoms with Crippen molar-refractivity contribution in [3.05, 3.63) is 24.3 Å². The average Bonchev–Trinajstić information content (AvgIpc) is 2.84. The van der Waals surface area contributed by atoms with Crippen molar-refractivity contribution in [1.82, 2.24) is 9.55 Å². The number of piperidine rings is 1. The first-order chi connectivity index (χ1) is 9.79. The zero-order valence-corrected chi connectivity index (χ0v) is 12.0. The number of para-hydroxylation sites is 2. The number of nitrogens with two attached hydrogens (primary N) is 1. The Labute approximate surface area is 119 Å². The van der Waals surface area contributed by atoms with E-state index in [1.807, 2.05) is 6.07 Å². The molecule has 0 aliphatic carbocycles. The fraction of sp³-hybridized carbons (Fsp3) is 0.533. The summed E-state index contributed by atoms with van der Waals surface area (Å²) in [7, 11) is 1.73. The van der Waals surface area contributed by atoms with Crippen LogP contribution in [0.25, 0.3) is 11.0 Å². The number of hydrogen-bond acceptors (Lipinski definition) is 4. The minimum absolute atomic E-state index is 0.336. The van der Waals surface area contributed by atoms with Crippen LogP contribution in [-0.4, -0.2) is 42.4 Å². The Morgan fingerprint density at radius 3 is 2.80 bits per heavy atom. The van der Waals surface area contributed by atoms with Gasteiger partial charge in [0.2, 0.25) is 5.95 Å². The van der Waals surface area contributed by atoms with Gasteiger partial charge in [-0.3, -0.25) is 0 Å². The molecular formula is C15H22N4O. The van der Waals surface area contributed by atoms with Gasteiger partial charge in [0.25, 0.3) is 0 Å². The Bertz CT molecular complexity index is 572. The van der Waals surface area contributed by atoms with Gasteiger partial charge in [0.15, 0.2) is 0 Å². The molecule has 1 saturated heterocycles. The summed E-state index contributed by atoms with van der Waals surface area (Å²) in [6, 6.07) is 8.62. The zero-order chi connectivity index (χ0) is 13.9. The number of anilines is 1. The van der Waals surface area contributed by atoms with Crippen LogP contribution < -0.4 is 10.6 Å². The molecule has 0 atom stereocenters. The summed E-state index contributed by atoms with van der Waals surface area (Å²) in [4.78, 5) is 7.15. The van der Waals surface area contributed by atoms with E-state index < -0.39 is 0 Å². The van der Waals surface area contributed by atoms with Crippen LogP contribution in [0, 0.1) is 0 Å². The summed E-state index contributed by atoms with van der Waals surface area (Å²) in [5, 5.41) is 0. The third-order valence-corrected chi connectivity index (χ3v) is 3.98. The molecule has 0 bridgehead atoms. The second-order valence-electron chi connectivity index (χ2n) is 5.37. The van der Waals surface area contributed by atoms with E-state index in [0.717, 1.165) is 43.9 Å². The van der Waals surface area contributed by atoms with Crippen LogP contribution >= 0.6 is 0 Å². The quantitative estimate of drug-likeness (QED) is 0.920. The highest BCUT2D eigenvalue weighted by atomic mass is 16.5. The monoisotopic (exact) mass is 274 g/mol. The van der Waals surface area contributed by atoms with E-state index in [-0.39, 0.29) is 0 Å². The fourth-order valence-electron chi connectivity index (χ4n) is 2.81. The summed E-state index contributed by atoms with van der Waals surface area (Å²) >= 11 is 0. The second kappa shape index (κ2) is 5.81. The van der Waals surface area contributed by atoms with Gasteiger partial charge in [0, 0.05) is 32.8 Å². The van der Waals surface area contributed by atoms with Crippen LogP contribution in [0.1, 0.15) is 12.8 Å². The lowest BCUT2D eigenvalue weighted by Gasteiger charge is -2.31. The predicted molar refractivity (Wildman–Crippen MR) is 81.0 cm³/mol. The Hall–Kier alpha value is -1.59. The van der Waals surface area contributed by atoms with Crippen LogP contribution in [0.2, 0.25) is 0 Å². The third-order valence-electron chi connectivity index (χ3n) is 3.98. The molecule has 2 aromatic rings. The Kier molecular flexibility index (Phi) is 3.89. The van der Waals surface area contributed by atoms with Crippen molar-refractivity contribution in [2.24, 2.45) is 5.73 Å². The van der Waals surface area contributed by atoms with E-state index >= 15 is 0 Å². The predicted octanol–water partition coefficient (Wildman–Crippen LogP) is 1.61. The van der Waals surface area contributed by atoms with Crippen LogP contribution in [0.3, 0.4) is 0 Å². The van der Waals surface area contributed by atoms with Crippen molar-refractivity contribution in [3.63, 3.8) is 0 Å². The molecule has 0 radical (unpaired) electrons. The van der Waals surface area contributed by atoms with E-state index in [4.69, 9.17) is 15.5 Å². The molecule has 108 valence electrons. The number of hydrogen-bond donors (Lipinski definition) is 1. The number of methoxy groups -OCH3 is 1. The summed E-state index contributed by atoms with van der Waals surface area (Å²) < 4.78 is 7.50. The minimum atomic E-state index is 0.336. The molecule has 5 nitrogen and oxygen atoms in total. The molecule has 0 saturated carbocycles. The maximum absolute atomic E-state index is 5.99. The van der Waals surface area contributed by atoms with Crippen LogP contribution in [-0.2, 0) is 11.3 Å². The van der Waals surface area contributed by atoms with E-state index in [1.165, 1.54) is 5.52 Å². The van der Waals surface area contributed by atoms with E-state index in [1.54, 1.807) is 7.11 Å². The molecule has 1 aliphatic rings. The molecule has 0 unspecified atom stereocenters. The van der Waals surface area contributed by atoms with Crippen molar-refractivity contribution < 1.29 is 4.74 Å². The van der Waals surface area contributed by atoms with Crippen molar-refractivity contribution in [2.45, 2.75) is 25.4 Å².